The van der Waals surface area contributed by atoms with Gasteiger partial charge in [-0.3, -0.25) is 4.79 Å². The number of carbonyl (C=O) groups excluding carboxylic acids is 2. The Morgan fingerprint density at radius 3 is 2.78 bits per heavy atom. The number of benzene rings is 1. The second-order valence-electron chi connectivity index (χ2n) is 3.64. The third-order valence-electron chi connectivity index (χ3n) is 2.29. The lowest BCUT2D eigenvalue weighted by atomic mass is 10.1. The molecule has 18 heavy (non-hydrogen) atoms. The Bertz CT molecular complexity index is 436. The summed E-state index contributed by atoms with van der Waals surface area (Å²) in [6, 6.07) is 4.73. The molecule has 0 saturated heterocycles. The lowest BCUT2D eigenvalue weighted by Crippen LogP contribution is -2.44. The predicted octanol–water partition coefficient (Wildman–Crippen LogP) is 0.0183. The number of halogens is 1. The monoisotopic (exact) mass is 255 g/mol. The Balaban J connectivity index is 2.78. The quantitative estimate of drug-likeness (QED) is 0.727. The van der Waals surface area contributed by atoms with E-state index in [0.29, 0.717) is 5.56 Å². The van der Waals surface area contributed by atoms with Crippen LogP contribution in [0.3, 0.4) is 0 Å². The number of aliphatic hydroxyl groups is 1. The highest BCUT2D eigenvalue weighted by atomic mass is 19.1. The number of rotatable bonds is 5. The summed E-state index contributed by atoms with van der Waals surface area (Å²) in [5.41, 5.74) is 0.545. The molecule has 0 unspecified atom stereocenters. The van der Waals surface area contributed by atoms with Crippen LogP contribution in [0.4, 0.5) is 4.39 Å². The van der Waals surface area contributed by atoms with Crippen molar-refractivity contribution in [3.63, 3.8) is 0 Å². The summed E-state index contributed by atoms with van der Waals surface area (Å²) in [5.74, 6) is -1.77. The van der Waals surface area contributed by atoms with Crippen LogP contribution in [0.2, 0.25) is 0 Å². The predicted molar refractivity (Wildman–Crippen MR) is 61.1 cm³/mol. The molecule has 0 fully saturated rings. The smallest absolute Gasteiger partial charge is 0.328 e. The second-order valence-corrected chi connectivity index (χ2v) is 3.64. The molecule has 0 radical (unpaired) electrons. The van der Waals surface area contributed by atoms with Gasteiger partial charge >= 0.3 is 5.97 Å². The minimum Gasteiger partial charge on any atom is -0.467 e. The van der Waals surface area contributed by atoms with Crippen molar-refractivity contribution in [2.24, 2.45) is 0 Å². The van der Waals surface area contributed by atoms with E-state index < -0.39 is 30.3 Å². The van der Waals surface area contributed by atoms with E-state index in [4.69, 9.17) is 5.11 Å². The Hall–Kier alpha value is -1.95. The number of carbonyl (C=O) groups is 2. The van der Waals surface area contributed by atoms with E-state index in [-0.39, 0.29) is 6.42 Å². The van der Waals surface area contributed by atoms with Crippen molar-refractivity contribution < 1.29 is 23.8 Å². The fourth-order valence-electron chi connectivity index (χ4n) is 1.48. The van der Waals surface area contributed by atoms with Crippen LogP contribution in [-0.2, 0) is 20.7 Å². The molecule has 5 nitrogen and oxygen atoms in total. The summed E-state index contributed by atoms with van der Waals surface area (Å²) < 4.78 is 17.5. The van der Waals surface area contributed by atoms with E-state index in [9.17, 15) is 14.0 Å². The van der Waals surface area contributed by atoms with Crippen molar-refractivity contribution in [2.45, 2.75) is 12.5 Å². The van der Waals surface area contributed by atoms with Crippen molar-refractivity contribution in [3.8, 4) is 0 Å². The van der Waals surface area contributed by atoms with Crippen molar-refractivity contribution in [3.05, 3.63) is 35.6 Å². The van der Waals surface area contributed by atoms with Gasteiger partial charge in [-0.25, -0.2) is 9.18 Å². The van der Waals surface area contributed by atoms with Crippen LogP contribution in [-0.4, -0.2) is 36.7 Å². The van der Waals surface area contributed by atoms with Crippen molar-refractivity contribution in [1.82, 2.24) is 5.32 Å². The molecule has 0 aromatic heterocycles. The average Bonchev–Trinajstić information content (AvgIpc) is 2.36. The SMILES string of the molecule is COC(=O)[C@@H](Cc1cccc(F)c1)NC(=O)CO. The van der Waals surface area contributed by atoms with Gasteiger partial charge in [-0.15, -0.1) is 0 Å². The zero-order valence-corrected chi connectivity index (χ0v) is 9.85. The van der Waals surface area contributed by atoms with Crippen molar-refractivity contribution in [2.75, 3.05) is 13.7 Å². The van der Waals surface area contributed by atoms with Crippen molar-refractivity contribution >= 4 is 11.9 Å². The molecule has 2 N–H and O–H groups in total. The minimum atomic E-state index is -0.948. The summed E-state index contributed by atoms with van der Waals surface area (Å²) in [4.78, 5) is 22.5. The topological polar surface area (TPSA) is 75.6 Å². The molecule has 1 amide bonds. The maximum atomic E-state index is 13.0. The van der Waals surface area contributed by atoms with Crippen LogP contribution in [0.15, 0.2) is 24.3 Å². The zero-order valence-electron chi connectivity index (χ0n) is 9.85. The van der Waals surface area contributed by atoms with E-state index >= 15 is 0 Å². The molecule has 1 rings (SSSR count). The Morgan fingerprint density at radius 2 is 2.22 bits per heavy atom. The maximum absolute atomic E-state index is 13.0. The van der Waals surface area contributed by atoms with Crippen LogP contribution in [0.5, 0.6) is 0 Å². The molecule has 0 heterocycles. The van der Waals surface area contributed by atoms with Crippen LogP contribution in [0.1, 0.15) is 5.56 Å². The van der Waals surface area contributed by atoms with Gasteiger partial charge in [0.2, 0.25) is 5.91 Å². The minimum absolute atomic E-state index is 0.0934. The molecular weight excluding hydrogens is 241 g/mol. The molecular formula is C12H14FNO4. The molecule has 0 saturated carbocycles. The molecule has 0 aliphatic carbocycles. The Labute approximate surface area is 104 Å². The molecule has 6 heteroatoms. The summed E-state index contributed by atoms with van der Waals surface area (Å²) in [6.07, 6.45) is 0.0934. The molecule has 1 aromatic carbocycles. The highest BCUT2D eigenvalue weighted by Crippen LogP contribution is 2.07. The first-order valence-corrected chi connectivity index (χ1v) is 5.29. The highest BCUT2D eigenvalue weighted by Gasteiger charge is 2.21. The molecule has 0 bridgehead atoms. The largest absolute Gasteiger partial charge is 0.467 e. The number of nitrogens with one attached hydrogen (secondary N) is 1. The third-order valence-corrected chi connectivity index (χ3v) is 2.29. The van der Waals surface area contributed by atoms with E-state index in [2.05, 4.69) is 10.1 Å². The van der Waals surface area contributed by atoms with Crippen LogP contribution in [0, 0.1) is 5.82 Å². The molecule has 0 aliphatic heterocycles. The number of esters is 1. The maximum Gasteiger partial charge on any atom is 0.328 e. The fraction of sp³-hybridized carbons (Fsp3) is 0.333. The first kappa shape index (κ1) is 14.1. The summed E-state index contributed by atoms with van der Waals surface area (Å²) in [7, 11) is 1.19. The average molecular weight is 255 g/mol. The van der Waals surface area contributed by atoms with Gasteiger partial charge in [0.15, 0.2) is 0 Å². The van der Waals surface area contributed by atoms with Crippen molar-refractivity contribution in [1.29, 1.82) is 0 Å². The number of amides is 1. The highest BCUT2D eigenvalue weighted by molar-refractivity contribution is 5.85. The normalized spacial score (nSPS) is 11.7. The van der Waals surface area contributed by atoms with E-state index in [0.717, 1.165) is 0 Å². The first-order valence-electron chi connectivity index (χ1n) is 5.29. The van der Waals surface area contributed by atoms with E-state index in [1.54, 1.807) is 6.07 Å². The molecule has 98 valence electrons. The molecule has 1 aromatic rings. The van der Waals surface area contributed by atoms with Gasteiger partial charge in [-0.2, -0.15) is 0 Å². The number of hydrogen-bond donors (Lipinski definition) is 2. The van der Waals surface area contributed by atoms with Gasteiger partial charge in [-0.05, 0) is 17.7 Å². The Morgan fingerprint density at radius 1 is 1.50 bits per heavy atom. The molecule has 0 aliphatic rings. The summed E-state index contributed by atoms with van der Waals surface area (Å²) in [6.45, 7) is -0.726. The van der Waals surface area contributed by atoms with Gasteiger partial charge in [0.1, 0.15) is 18.5 Å². The molecule has 1 atom stereocenters. The lowest BCUT2D eigenvalue weighted by Gasteiger charge is -2.15. The third kappa shape index (κ3) is 4.14. The second kappa shape index (κ2) is 6.70. The van der Waals surface area contributed by atoms with Crippen LogP contribution < -0.4 is 5.32 Å². The summed E-state index contributed by atoms with van der Waals surface area (Å²) >= 11 is 0. The lowest BCUT2D eigenvalue weighted by molar-refractivity contribution is -0.145. The van der Waals surface area contributed by atoms with Crippen LogP contribution >= 0.6 is 0 Å². The number of aliphatic hydroxyl groups excluding tert-OH is 1. The van der Waals surface area contributed by atoms with Gasteiger partial charge in [-0.1, -0.05) is 12.1 Å². The van der Waals surface area contributed by atoms with Gasteiger partial charge in [0.05, 0.1) is 7.11 Å². The van der Waals surface area contributed by atoms with Gasteiger partial charge in [0, 0.05) is 6.42 Å². The van der Waals surface area contributed by atoms with Crippen LogP contribution in [0.25, 0.3) is 0 Å². The number of methoxy groups -OCH3 is 1. The van der Waals surface area contributed by atoms with Gasteiger partial charge in [0.25, 0.3) is 0 Å². The summed E-state index contributed by atoms with van der Waals surface area (Å²) in [5, 5.41) is 10.9. The standard InChI is InChI=1S/C12H14FNO4/c1-18-12(17)10(14-11(16)7-15)6-8-3-2-4-9(13)5-8/h2-5,10,15H,6-7H2,1H3,(H,14,16)/t10-/m1/s1. The van der Waals surface area contributed by atoms with E-state index in [1.807, 2.05) is 0 Å². The Kier molecular flexibility index (Phi) is 5.26. The van der Waals surface area contributed by atoms with E-state index in [1.165, 1.54) is 25.3 Å². The number of hydrogen-bond acceptors (Lipinski definition) is 4. The molecule has 0 spiro atoms. The first-order chi connectivity index (χ1) is 8.56. The fourth-order valence-corrected chi connectivity index (χ4v) is 1.48. The number of ether oxygens (including phenoxy) is 1. The van der Waals surface area contributed by atoms with Gasteiger partial charge < -0.3 is 15.2 Å². The zero-order chi connectivity index (χ0) is 13.5.